The summed E-state index contributed by atoms with van der Waals surface area (Å²) in [7, 11) is 0. The molecule has 0 unspecified atom stereocenters. The second kappa shape index (κ2) is 5.41. The highest BCUT2D eigenvalue weighted by Gasteiger charge is 2.14. The van der Waals surface area contributed by atoms with Crippen molar-refractivity contribution in [2.75, 3.05) is 13.3 Å². The van der Waals surface area contributed by atoms with E-state index in [1.165, 1.54) is 11.3 Å². The SMILES string of the molecule is CCNCc1nnc(Oc2ccc3c(c2)OCO3)s1. The van der Waals surface area contributed by atoms with Gasteiger partial charge < -0.3 is 19.5 Å². The number of aromatic nitrogens is 2. The molecule has 3 rings (SSSR count). The van der Waals surface area contributed by atoms with Crippen molar-refractivity contribution in [1.82, 2.24) is 15.5 Å². The molecule has 0 aliphatic carbocycles. The van der Waals surface area contributed by atoms with Gasteiger partial charge in [0.05, 0.1) is 0 Å². The van der Waals surface area contributed by atoms with Crippen molar-refractivity contribution in [3.8, 4) is 22.4 Å². The van der Waals surface area contributed by atoms with E-state index >= 15 is 0 Å². The Morgan fingerprint density at radius 3 is 3.11 bits per heavy atom. The highest BCUT2D eigenvalue weighted by atomic mass is 32.1. The van der Waals surface area contributed by atoms with E-state index in [-0.39, 0.29) is 6.79 Å². The zero-order valence-electron chi connectivity index (χ0n) is 10.4. The molecule has 0 saturated heterocycles. The third-order valence-corrected chi connectivity index (χ3v) is 3.32. The van der Waals surface area contributed by atoms with Crippen LogP contribution in [0, 0.1) is 0 Å². The third-order valence-electron chi connectivity index (χ3n) is 2.52. The fourth-order valence-corrected chi connectivity index (χ4v) is 2.30. The molecule has 2 aromatic rings. The Morgan fingerprint density at radius 2 is 2.21 bits per heavy atom. The summed E-state index contributed by atoms with van der Waals surface area (Å²) in [5.41, 5.74) is 0. The van der Waals surface area contributed by atoms with Gasteiger partial charge >= 0.3 is 0 Å². The first-order chi connectivity index (χ1) is 9.35. The molecule has 100 valence electrons. The molecule has 1 aromatic carbocycles. The van der Waals surface area contributed by atoms with E-state index in [1.54, 1.807) is 6.07 Å². The maximum atomic E-state index is 5.65. The van der Waals surface area contributed by atoms with Crippen molar-refractivity contribution in [3.63, 3.8) is 0 Å². The number of hydrogen-bond donors (Lipinski definition) is 1. The highest BCUT2D eigenvalue weighted by molar-refractivity contribution is 7.13. The van der Waals surface area contributed by atoms with E-state index in [0.717, 1.165) is 17.3 Å². The van der Waals surface area contributed by atoms with Gasteiger partial charge in [0.1, 0.15) is 10.8 Å². The van der Waals surface area contributed by atoms with Crippen LogP contribution in [0.2, 0.25) is 0 Å². The minimum absolute atomic E-state index is 0.254. The molecular formula is C12H13N3O3S. The minimum atomic E-state index is 0.254. The topological polar surface area (TPSA) is 65.5 Å². The van der Waals surface area contributed by atoms with Crippen LogP contribution in [0.25, 0.3) is 0 Å². The molecule has 1 aliphatic rings. The molecule has 2 heterocycles. The molecule has 0 saturated carbocycles. The van der Waals surface area contributed by atoms with E-state index in [4.69, 9.17) is 14.2 Å². The Balaban J connectivity index is 1.69. The summed E-state index contributed by atoms with van der Waals surface area (Å²) in [6.07, 6.45) is 0. The van der Waals surface area contributed by atoms with Crippen molar-refractivity contribution >= 4 is 11.3 Å². The highest BCUT2D eigenvalue weighted by Crippen LogP contribution is 2.36. The molecular weight excluding hydrogens is 266 g/mol. The molecule has 7 heteroatoms. The van der Waals surface area contributed by atoms with Crippen LogP contribution in [0.15, 0.2) is 18.2 Å². The summed E-state index contributed by atoms with van der Waals surface area (Å²) in [4.78, 5) is 0. The second-order valence-corrected chi connectivity index (χ2v) is 4.88. The van der Waals surface area contributed by atoms with Crippen molar-refractivity contribution < 1.29 is 14.2 Å². The number of fused-ring (bicyclic) bond motifs is 1. The zero-order valence-corrected chi connectivity index (χ0v) is 11.2. The number of ether oxygens (including phenoxy) is 3. The Kier molecular flexibility index (Phi) is 3.47. The summed E-state index contributed by atoms with van der Waals surface area (Å²) in [6, 6.07) is 5.42. The molecule has 1 aliphatic heterocycles. The number of hydrogen-bond acceptors (Lipinski definition) is 7. The lowest BCUT2D eigenvalue weighted by molar-refractivity contribution is 0.174. The van der Waals surface area contributed by atoms with E-state index in [2.05, 4.69) is 15.5 Å². The minimum Gasteiger partial charge on any atom is -0.454 e. The van der Waals surface area contributed by atoms with Gasteiger partial charge in [0.15, 0.2) is 11.5 Å². The largest absolute Gasteiger partial charge is 0.454 e. The Hall–Kier alpha value is -1.86. The van der Waals surface area contributed by atoms with Crippen LogP contribution in [0.3, 0.4) is 0 Å². The van der Waals surface area contributed by atoms with Gasteiger partial charge in [0.2, 0.25) is 6.79 Å². The first kappa shape index (κ1) is 12.2. The predicted molar refractivity (Wildman–Crippen MR) is 69.9 cm³/mol. The summed E-state index contributed by atoms with van der Waals surface area (Å²) in [5, 5.41) is 12.7. The van der Waals surface area contributed by atoms with Crippen LogP contribution in [0.1, 0.15) is 11.9 Å². The second-order valence-electron chi connectivity index (χ2n) is 3.86. The van der Waals surface area contributed by atoms with Crippen molar-refractivity contribution in [1.29, 1.82) is 0 Å². The molecule has 19 heavy (non-hydrogen) atoms. The van der Waals surface area contributed by atoms with Crippen molar-refractivity contribution in [3.05, 3.63) is 23.2 Å². The molecule has 1 aromatic heterocycles. The maximum absolute atomic E-state index is 5.65. The lowest BCUT2D eigenvalue weighted by Gasteiger charge is -2.01. The van der Waals surface area contributed by atoms with E-state index < -0.39 is 0 Å². The quantitative estimate of drug-likeness (QED) is 0.905. The standard InChI is InChI=1S/C12H13N3O3S/c1-2-13-6-11-14-15-12(19-11)18-8-3-4-9-10(5-8)17-7-16-9/h3-5,13H,2,6-7H2,1H3. The maximum Gasteiger partial charge on any atom is 0.299 e. The first-order valence-corrected chi connectivity index (χ1v) is 6.77. The monoisotopic (exact) mass is 279 g/mol. The number of rotatable bonds is 5. The Bertz CT molecular complexity index is 573. The lowest BCUT2D eigenvalue weighted by Crippen LogP contribution is -2.11. The van der Waals surface area contributed by atoms with Gasteiger partial charge in [-0.2, -0.15) is 0 Å². The summed E-state index contributed by atoms with van der Waals surface area (Å²) in [6.45, 7) is 3.91. The van der Waals surface area contributed by atoms with Crippen LogP contribution in [-0.4, -0.2) is 23.5 Å². The summed E-state index contributed by atoms with van der Waals surface area (Å²) < 4.78 is 16.2. The van der Waals surface area contributed by atoms with Crippen molar-refractivity contribution in [2.24, 2.45) is 0 Å². The number of nitrogens with one attached hydrogen (secondary N) is 1. The first-order valence-electron chi connectivity index (χ1n) is 5.96. The molecule has 6 nitrogen and oxygen atoms in total. The Labute approximate surface area is 114 Å². The van der Waals surface area contributed by atoms with Gasteiger partial charge in [0.25, 0.3) is 5.19 Å². The molecule has 0 amide bonds. The van der Waals surface area contributed by atoms with E-state index in [1.807, 2.05) is 19.1 Å². The van der Waals surface area contributed by atoms with Gasteiger partial charge in [-0.25, -0.2) is 0 Å². The Morgan fingerprint density at radius 1 is 1.32 bits per heavy atom. The van der Waals surface area contributed by atoms with Gasteiger partial charge in [-0.15, -0.1) is 5.10 Å². The summed E-state index contributed by atoms with van der Waals surface area (Å²) in [5.74, 6) is 2.09. The van der Waals surface area contributed by atoms with Crippen LogP contribution in [0.5, 0.6) is 22.4 Å². The fraction of sp³-hybridized carbons (Fsp3) is 0.333. The smallest absolute Gasteiger partial charge is 0.299 e. The van der Waals surface area contributed by atoms with Crippen LogP contribution in [0.4, 0.5) is 0 Å². The number of benzene rings is 1. The van der Waals surface area contributed by atoms with E-state index in [0.29, 0.717) is 23.2 Å². The van der Waals surface area contributed by atoms with Crippen LogP contribution >= 0.6 is 11.3 Å². The third kappa shape index (κ3) is 2.77. The average Bonchev–Trinajstić information content (AvgIpc) is 3.05. The summed E-state index contributed by atoms with van der Waals surface area (Å²) >= 11 is 1.42. The average molecular weight is 279 g/mol. The van der Waals surface area contributed by atoms with Gasteiger partial charge in [0, 0.05) is 12.6 Å². The van der Waals surface area contributed by atoms with E-state index in [9.17, 15) is 0 Å². The van der Waals surface area contributed by atoms with Crippen LogP contribution in [-0.2, 0) is 6.54 Å². The molecule has 0 bridgehead atoms. The zero-order chi connectivity index (χ0) is 13.1. The normalized spacial score (nSPS) is 12.7. The lowest BCUT2D eigenvalue weighted by atomic mass is 10.3. The van der Waals surface area contributed by atoms with Gasteiger partial charge in [-0.05, 0) is 18.7 Å². The fourth-order valence-electron chi connectivity index (χ4n) is 1.62. The molecule has 0 spiro atoms. The van der Waals surface area contributed by atoms with Gasteiger partial charge in [-0.1, -0.05) is 23.4 Å². The number of nitrogens with zero attached hydrogens (tertiary/aromatic N) is 2. The molecule has 0 fully saturated rings. The molecule has 0 radical (unpaired) electrons. The van der Waals surface area contributed by atoms with Crippen molar-refractivity contribution in [2.45, 2.75) is 13.5 Å². The van der Waals surface area contributed by atoms with Gasteiger partial charge in [-0.3, -0.25) is 0 Å². The molecule has 1 N–H and O–H groups in total. The molecule has 0 atom stereocenters. The van der Waals surface area contributed by atoms with Crippen LogP contribution < -0.4 is 19.5 Å². The predicted octanol–water partition coefficient (Wildman–Crippen LogP) is 2.17.